The Morgan fingerprint density at radius 1 is 1.19 bits per heavy atom. The number of benzene rings is 2. The van der Waals surface area contributed by atoms with Gasteiger partial charge in [-0.25, -0.2) is 9.48 Å². The van der Waals surface area contributed by atoms with Crippen molar-refractivity contribution in [3.63, 3.8) is 0 Å². The maximum Gasteiger partial charge on any atom is 0.335 e. The number of nitro groups is 1. The number of carbonyl (C=O) groups is 1. The molecule has 0 unspecified atom stereocenters. The number of carboxylic acid groups (broad SMARTS) is 1. The van der Waals surface area contributed by atoms with E-state index < -0.39 is 10.9 Å². The largest absolute Gasteiger partial charge is 0.478 e. The number of nitro benzene ring substituents is 1. The number of nitrogens with zero attached hydrogens (tertiary/aromatic N) is 3. The Kier molecular flexibility index (Phi) is 2.87. The van der Waals surface area contributed by atoms with Crippen LogP contribution in [0.25, 0.3) is 16.6 Å². The van der Waals surface area contributed by atoms with Gasteiger partial charge in [-0.3, -0.25) is 10.1 Å². The van der Waals surface area contributed by atoms with Gasteiger partial charge in [0.15, 0.2) is 0 Å². The van der Waals surface area contributed by atoms with Crippen LogP contribution in [0.3, 0.4) is 0 Å². The molecule has 1 N–H and O–H groups in total. The third-order valence-corrected chi connectivity index (χ3v) is 3.12. The van der Waals surface area contributed by atoms with Crippen molar-refractivity contribution in [2.75, 3.05) is 0 Å². The molecule has 0 aliphatic rings. The van der Waals surface area contributed by atoms with Crippen LogP contribution >= 0.6 is 0 Å². The van der Waals surface area contributed by atoms with Crippen molar-refractivity contribution < 1.29 is 14.8 Å². The summed E-state index contributed by atoms with van der Waals surface area (Å²) in [4.78, 5) is 21.2. The molecule has 0 radical (unpaired) electrons. The first kappa shape index (κ1) is 12.8. The van der Waals surface area contributed by atoms with Gasteiger partial charge in [0.1, 0.15) is 0 Å². The highest BCUT2D eigenvalue weighted by atomic mass is 16.6. The predicted octanol–water partition coefficient (Wildman–Crippen LogP) is 2.63. The van der Waals surface area contributed by atoms with Crippen molar-refractivity contribution in [2.45, 2.75) is 0 Å². The van der Waals surface area contributed by atoms with E-state index in [0.29, 0.717) is 11.2 Å². The third kappa shape index (κ3) is 2.20. The van der Waals surface area contributed by atoms with Gasteiger partial charge >= 0.3 is 5.97 Å². The molecule has 0 spiro atoms. The molecule has 0 saturated carbocycles. The van der Waals surface area contributed by atoms with Crippen molar-refractivity contribution >= 4 is 22.6 Å². The predicted molar refractivity (Wildman–Crippen MR) is 74.7 cm³/mol. The van der Waals surface area contributed by atoms with Crippen LogP contribution in [0.15, 0.2) is 48.7 Å². The van der Waals surface area contributed by atoms with Gasteiger partial charge in [0, 0.05) is 17.5 Å². The molecule has 0 amide bonds. The lowest BCUT2D eigenvalue weighted by molar-refractivity contribution is -0.384. The van der Waals surface area contributed by atoms with E-state index in [9.17, 15) is 14.9 Å². The SMILES string of the molecule is O=C(O)c1ccc(-n2ncc3ccc([N+](=O)[O-])cc32)cc1. The van der Waals surface area contributed by atoms with Crippen LogP contribution in [-0.4, -0.2) is 25.8 Å². The standard InChI is InChI=1S/C14H9N3O4/c18-14(19)9-1-4-11(5-2-9)16-13-7-12(17(20)21)6-3-10(13)8-15-16/h1-8H,(H,18,19). The molecule has 104 valence electrons. The van der Waals surface area contributed by atoms with Gasteiger partial charge in [-0.05, 0) is 30.3 Å². The smallest absolute Gasteiger partial charge is 0.335 e. The Labute approximate surface area is 118 Å². The molecule has 2 aromatic carbocycles. The zero-order valence-corrected chi connectivity index (χ0v) is 10.6. The molecule has 3 aromatic rings. The molecular formula is C14H9N3O4. The molecule has 7 heteroatoms. The van der Waals surface area contributed by atoms with Gasteiger partial charge in [0.05, 0.1) is 27.9 Å². The lowest BCUT2D eigenvalue weighted by Crippen LogP contribution is -1.99. The Balaban J connectivity index is 2.13. The van der Waals surface area contributed by atoms with Crippen molar-refractivity contribution in [1.82, 2.24) is 9.78 Å². The first-order valence-corrected chi connectivity index (χ1v) is 6.02. The summed E-state index contributed by atoms with van der Waals surface area (Å²) in [7, 11) is 0. The van der Waals surface area contributed by atoms with Crippen LogP contribution in [0.5, 0.6) is 0 Å². The fourth-order valence-corrected chi connectivity index (χ4v) is 2.07. The molecule has 0 aliphatic carbocycles. The number of rotatable bonds is 3. The molecule has 7 nitrogen and oxygen atoms in total. The Morgan fingerprint density at radius 3 is 2.52 bits per heavy atom. The number of hydrogen-bond donors (Lipinski definition) is 1. The minimum absolute atomic E-state index is 0.0218. The monoisotopic (exact) mass is 283 g/mol. The number of aromatic nitrogens is 2. The number of aromatic carboxylic acids is 1. The molecule has 1 aromatic heterocycles. The molecule has 0 aliphatic heterocycles. The summed E-state index contributed by atoms with van der Waals surface area (Å²) in [5.41, 5.74) is 1.37. The highest BCUT2D eigenvalue weighted by Gasteiger charge is 2.11. The van der Waals surface area contributed by atoms with Gasteiger partial charge in [0.2, 0.25) is 0 Å². The highest BCUT2D eigenvalue weighted by molar-refractivity contribution is 5.88. The summed E-state index contributed by atoms with van der Waals surface area (Å²) in [6, 6.07) is 10.6. The number of hydrogen-bond acceptors (Lipinski definition) is 4. The zero-order valence-electron chi connectivity index (χ0n) is 10.6. The summed E-state index contributed by atoms with van der Waals surface area (Å²) in [6.45, 7) is 0. The molecular weight excluding hydrogens is 274 g/mol. The van der Waals surface area contributed by atoms with E-state index in [4.69, 9.17) is 5.11 Å². The number of non-ortho nitro benzene ring substituents is 1. The van der Waals surface area contributed by atoms with Crippen LogP contribution in [0, 0.1) is 10.1 Å². The van der Waals surface area contributed by atoms with Gasteiger partial charge in [-0.1, -0.05) is 0 Å². The fraction of sp³-hybridized carbons (Fsp3) is 0. The van der Waals surface area contributed by atoms with E-state index >= 15 is 0 Å². The summed E-state index contributed by atoms with van der Waals surface area (Å²) in [6.07, 6.45) is 1.60. The van der Waals surface area contributed by atoms with E-state index in [1.807, 2.05) is 0 Å². The van der Waals surface area contributed by atoms with Crippen LogP contribution in [0.1, 0.15) is 10.4 Å². The summed E-state index contributed by atoms with van der Waals surface area (Å²) in [5.74, 6) is -1.01. The number of carboxylic acids is 1. The molecule has 21 heavy (non-hydrogen) atoms. The molecule has 3 rings (SSSR count). The first-order chi connectivity index (χ1) is 10.1. The van der Waals surface area contributed by atoms with Crippen LogP contribution in [-0.2, 0) is 0 Å². The number of fused-ring (bicyclic) bond motifs is 1. The van der Waals surface area contributed by atoms with Gasteiger partial charge < -0.3 is 5.11 Å². The third-order valence-electron chi connectivity index (χ3n) is 3.12. The minimum Gasteiger partial charge on any atom is -0.478 e. The molecule has 0 saturated heterocycles. The van der Waals surface area contributed by atoms with E-state index in [1.54, 1.807) is 24.4 Å². The Hall–Kier alpha value is -3.22. The molecule has 0 atom stereocenters. The van der Waals surface area contributed by atoms with Crippen LogP contribution in [0.2, 0.25) is 0 Å². The average molecular weight is 283 g/mol. The van der Waals surface area contributed by atoms with Gasteiger partial charge in [0.25, 0.3) is 5.69 Å². The van der Waals surface area contributed by atoms with E-state index in [2.05, 4.69) is 5.10 Å². The minimum atomic E-state index is -1.01. The van der Waals surface area contributed by atoms with Crippen molar-refractivity contribution in [1.29, 1.82) is 0 Å². The second-order valence-corrected chi connectivity index (χ2v) is 4.41. The second kappa shape index (κ2) is 4.71. The van der Waals surface area contributed by atoms with E-state index in [-0.39, 0.29) is 11.3 Å². The Bertz CT molecular complexity index is 852. The normalized spacial score (nSPS) is 10.7. The van der Waals surface area contributed by atoms with Crippen molar-refractivity contribution in [3.8, 4) is 5.69 Å². The fourth-order valence-electron chi connectivity index (χ4n) is 2.07. The maximum absolute atomic E-state index is 10.8. The summed E-state index contributed by atoms with van der Waals surface area (Å²) < 4.78 is 1.54. The molecule has 0 fully saturated rings. The highest BCUT2D eigenvalue weighted by Crippen LogP contribution is 2.23. The van der Waals surface area contributed by atoms with Crippen LogP contribution in [0.4, 0.5) is 5.69 Å². The molecule has 0 bridgehead atoms. The average Bonchev–Trinajstić information content (AvgIpc) is 2.90. The summed E-state index contributed by atoms with van der Waals surface area (Å²) >= 11 is 0. The second-order valence-electron chi connectivity index (χ2n) is 4.41. The molecule has 1 heterocycles. The first-order valence-electron chi connectivity index (χ1n) is 6.02. The lowest BCUT2D eigenvalue weighted by Gasteiger charge is -2.04. The Morgan fingerprint density at radius 2 is 1.90 bits per heavy atom. The van der Waals surface area contributed by atoms with Crippen LogP contribution < -0.4 is 0 Å². The van der Waals surface area contributed by atoms with Gasteiger partial charge in [-0.2, -0.15) is 5.10 Å². The van der Waals surface area contributed by atoms with Crippen molar-refractivity contribution in [2.24, 2.45) is 0 Å². The zero-order chi connectivity index (χ0) is 15.0. The quantitative estimate of drug-likeness (QED) is 0.588. The lowest BCUT2D eigenvalue weighted by atomic mass is 10.2. The van der Waals surface area contributed by atoms with Gasteiger partial charge in [-0.15, -0.1) is 0 Å². The van der Waals surface area contributed by atoms with Crippen molar-refractivity contribution in [3.05, 3.63) is 64.3 Å². The van der Waals surface area contributed by atoms with E-state index in [0.717, 1.165) is 5.39 Å². The van der Waals surface area contributed by atoms with E-state index in [1.165, 1.54) is 28.9 Å². The topological polar surface area (TPSA) is 98.3 Å². The maximum atomic E-state index is 10.8. The summed E-state index contributed by atoms with van der Waals surface area (Å²) in [5, 5.41) is 24.7.